The minimum absolute atomic E-state index is 0.0635. The Labute approximate surface area is 155 Å². The topological polar surface area (TPSA) is 17.1 Å². The molecule has 0 saturated carbocycles. The van der Waals surface area contributed by atoms with Crippen LogP contribution < -0.4 is 0 Å². The highest BCUT2D eigenvalue weighted by Gasteiger charge is 2.26. The monoisotopic (exact) mass is 360 g/mol. The maximum Gasteiger partial charge on any atom is 0.248 e. The van der Waals surface area contributed by atoms with E-state index in [4.69, 9.17) is 0 Å². The van der Waals surface area contributed by atoms with Crippen molar-refractivity contribution in [2.45, 2.75) is 130 Å². The molecule has 0 unspecified atom stereocenters. The summed E-state index contributed by atoms with van der Waals surface area (Å²) >= 11 is 0. The molecular weight excluding hydrogens is 318 g/mol. The summed E-state index contributed by atoms with van der Waals surface area (Å²) in [6.45, 7) is 8.03. The zero-order chi connectivity index (χ0) is 19.2. The third kappa shape index (κ3) is 15.5. The molecule has 1 nitrogen and oxygen atoms in total. The molecule has 0 aliphatic rings. The van der Waals surface area contributed by atoms with Crippen LogP contribution >= 0.6 is 0 Å². The molecule has 0 rings (SSSR count). The maximum absolute atomic E-state index is 13.7. The Morgan fingerprint density at radius 2 is 1.08 bits per heavy atom. The molecule has 0 heterocycles. The lowest BCUT2D eigenvalue weighted by molar-refractivity contribution is -0.126. The van der Waals surface area contributed by atoms with Crippen LogP contribution in [-0.4, -0.2) is 11.7 Å². The van der Waals surface area contributed by atoms with Crippen LogP contribution in [0.5, 0.6) is 0 Å². The highest BCUT2D eigenvalue weighted by Crippen LogP contribution is 2.28. The van der Waals surface area contributed by atoms with Crippen LogP contribution in [0.4, 0.5) is 8.78 Å². The molecule has 0 spiro atoms. The molecule has 0 aromatic carbocycles. The molecule has 0 aromatic rings. The quantitative estimate of drug-likeness (QED) is 0.254. The molecular formula is C22H42F2O. The van der Waals surface area contributed by atoms with Gasteiger partial charge in [0.1, 0.15) is 5.78 Å². The van der Waals surface area contributed by atoms with Gasteiger partial charge >= 0.3 is 0 Å². The summed E-state index contributed by atoms with van der Waals surface area (Å²) in [6, 6.07) is 0. The van der Waals surface area contributed by atoms with Gasteiger partial charge in [0.05, 0.1) is 0 Å². The Kier molecular flexibility index (Phi) is 13.4. The average Bonchev–Trinajstić information content (AvgIpc) is 2.52. The van der Waals surface area contributed by atoms with E-state index in [0.29, 0.717) is 25.0 Å². The smallest absolute Gasteiger partial charge is 0.248 e. The summed E-state index contributed by atoms with van der Waals surface area (Å²) in [7, 11) is 0. The van der Waals surface area contributed by atoms with Crippen molar-refractivity contribution in [3.05, 3.63) is 0 Å². The van der Waals surface area contributed by atoms with Crippen molar-refractivity contribution >= 4 is 5.78 Å². The molecule has 0 radical (unpaired) electrons. The number of carbonyl (C=O) groups is 1. The van der Waals surface area contributed by atoms with E-state index in [2.05, 4.69) is 6.92 Å². The van der Waals surface area contributed by atoms with Crippen LogP contribution in [0.15, 0.2) is 0 Å². The summed E-state index contributed by atoms with van der Waals surface area (Å²) in [5.74, 6) is -2.10. The number of halogens is 2. The molecule has 0 fully saturated rings. The van der Waals surface area contributed by atoms with Gasteiger partial charge in [0.15, 0.2) is 0 Å². The average molecular weight is 361 g/mol. The van der Waals surface area contributed by atoms with Crippen LogP contribution in [0.2, 0.25) is 0 Å². The largest absolute Gasteiger partial charge is 0.299 e. The van der Waals surface area contributed by atoms with Crippen molar-refractivity contribution in [1.29, 1.82) is 0 Å². The van der Waals surface area contributed by atoms with E-state index in [1.807, 2.05) is 20.8 Å². The lowest BCUT2D eigenvalue weighted by atomic mass is 9.88. The Morgan fingerprint density at radius 1 is 0.680 bits per heavy atom. The maximum atomic E-state index is 13.7. The van der Waals surface area contributed by atoms with Gasteiger partial charge in [0.2, 0.25) is 5.92 Å². The molecule has 0 N–H and O–H groups in total. The van der Waals surface area contributed by atoms with E-state index in [1.54, 1.807) is 0 Å². The van der Waals surface area contributed by atoms with Gasteiger partial charge < -0.3 is 0 Å². The van der Waals surface area contributed by atoms with E-state index in [9.17, 15) is 13.6 Å². The first kappa shape index (κ1) is 24.5. The lowest BCUT2D eigenvalue weighted by Gasteiger charge is -2.16. The zero-order valence-corrected chi connectivity index (χ0v) is 17.3. The van der Waals surface area contributed by atoms with E-state index in [-0.39, 0.29) is 18.3 Å². The SMILES string of the molecule is CCCCCCC(F)(F)CCCCCCCCCCC(=O)C(C)(C)C. The van der Waals surface area contributed by atoms with Crippen LogP contribution in [0.25, 0.3) is 0 Å². The summed E-state index contributed by atoms with van der Waals surface area (Å²) in [6.07, 6.45) is 12.8. The fraction of sp³-hybridized carbons (Fsp3) is 0.955. The van der Waals surface area contributed by atoms with Crippen LogP contribution in [0.1, 0.15) is 124 Å². The van der Waals surface area contributed by atoms with Gasteiger partial charge in [-0.05, 0) is 19.3 Å². The number of unbranched alkanes of at least 4 members (excludes halogenated alkanes) is 10. The molecule has 25 heavy (non-hydrogen) atoms. The predicted molar refractivity (Wildman–Crippen MR) is 104 cm³/mol. The molecule has 150 valence electrons. The lowest BCUT2D eigenvalue weighted by Crippen LogP contribution is -2.19. The van der Waals surface area contributed by atoms with E-state index in [1.165, 1.54) is 0 Å². The molecule has 0 aliphatic carbocycles. The van der Waals surface area contributed by atoms with Gasteiger partial charge in [-0.2, -0.15) is 0 Å². The predicted octanol–water partition coefficient (Wildman–Crippen LogP) is 8.11. The number of alkyl halides is 2. The molecule has 0 aliphatic heterocycles. The van der Waals surface area contributed by atoms with Gasteiger partial charge in [0, 0.05) is 24.7 Å². The molecule has 0 aromatic heterocycles. The minimum atomic E-state index is -2.45. The van der Waals surface area contributed by atoms with Gasteiger partial charge in [-0.3, -0.25) is 4.79 Å². The number of Topliss-reactive ketones (excluding diaryl/α,β-unsaturated/α-hetero) is 1. The van der Waals surface area contributed by atoms with Crippen molar-refractivity contribution in [3.63, 3.8) is 0 Å². The Balaban J connectivity index is 3.42. The molecule has 0 bridgehead atoms. The number of hydrogen-bond donors (Lipinski definition) is 0. The van der Waals surface area contributed by atoms with Crippen molar-refractivity contribution in [2.24, 2.45) is 5.41 Å². The molecule has 0 saturated heterocycles. The first-order valence-corrected chi connectivity index (χ1v) is 10.6. The fourth-order valence-electron chi connectivity index (χ4n) is 3.04. The second-order valence-electron chi connectivity index (χ2n) is 8.67. The Bertz CT molecular complexity index is 331. The molecule has 0 atom stereocenters. The second kappa shape index (κ2) is 13.7. The van der Waals surface area contributed by atoms with Crippen molar-refractivity contribution in [3.8, 4) is 0 Å². The second-order valence-corrected chi connectivity index (χ2v) is 8.67. The van der Waals surface area contributed by atoms with E-state index >= 15 is 0 Å². The fourth-order valence-corrected chi connectivity index (χ4v) is 3.04. The normalized spacial score (nSPS) is 12.6. The first-order valence-electron chi connectivity index (χ1n) is 10.6. The molecule has 0 amide bonds. The standard InChI is InChI=1S/C22H42F2O/c1-5-6-7-15-18-22(23,24)19-16-13-11-9-8-10-12-14-17-20(25)21(2,3)4/h5-19H2,1-4H3. The summed E-state index contributed by atoms with van der Waals surface area (Å²) in [5.41, 5.74) is -0.210. The van der Waals surface area contributed by atoms with Crippen LogP contribution in [0, 0.1) is 5.41 Å². The summed E-state index contributed by atoms with van der Waals surface area (Å²) in [4.78, 5) is 11.8. The van der Waals surface area contributed by atoms with Crippen molar-refractivity contribution in [1.82, 2.24) is 0 Å². The first-order chi connectivity index (χ1) is 11.7. The van der Waals surface area contributed by atoms with Crippen molar-refractivity contribution in [2.75, 3.05) is 0 Å². The summed E-state index contributed by atoms with van der Waals surface area (Å²) < 4.78 is 27.4. The van der Waals surface area contributed by atoms with Gasteiger partial charge in [-0.25, -0.2) is 8.78 Å². The minimum Gasteiger partial charge on any atom is -0.299 e. The van der Waals surface area contributed by atoms with Crippen LogP contribution in [0.3, 0.4) is 0 Å². The summed E-state index contributed by atoms with van der Waals surface area (Å²) in [5, 5.41) is 0. The highest BCUT2D eigenvalue weighted by atomic mass is 19.3. The Hall–Kier alpha value is -0.470. The van der Waals surface area contributed by atoms with Crippen molar-refractivity contribution < 1.29 is 13.6 Å². The van der Waals surface area contributed by atoms with Gasteiger partial charge in [-0.15, -0.1) is 0 Å². The molecule has 3 heteroatoms. The van der Waals surface area contributed by atoms with Crippen LogP contribution in [-0.2, 0) is 4.79 Å². The zero-order valence-electron chi connectivity index (χ0n) is 17.3. The number of ketones is 1. The van der Waals surface area contributed by atoms with E-state index < -0.39 is 5.92 Å². The number of carbonyl (C=O) groups excluding carboxylic acids is 1. The highest BCUT2D eigenvalue weighted by molar-refractivity contribution is 5.83. The van der Waals surface area contributed by atoms with Gasteiger partial charge in [-0.1, -0.05) is 85.5 Å². The van der Waals surface area contributed by atoms with E-state index in [0.717, 1.165) is 64.2 Å². The number of rotatable bonds is 16. The third-order valence-electron chi connectivity index (χ3n) is 4.93. The van der Waals surface area contributed by atoms with Gasteiger partial charge in [0.25, 0.3) is 0 Å². The third-order valence-corrected chi connectivity index (χ3v) is 4.93. The number of hydrogen-bond acceptors (Lipinski definition) is 1. The Morgan fingerprint density at radius 3 is 1.52 bits per heavy atom.